The molecule has 0 saturated carbocycles. The number of rotatable bonds is 9. The maximum absolute atomic E-state index is 12.8. The molecule has 1 amide bonds. The molecule has 0 aromatic heterocycles. The number of hydrogen-bond donors (Lipinski definition) is 1. The van der Waals surface area contributed by atoms with Crippen molar-refractivity contribution in [2.45, 2.75) is 50.8 Å². The Morgan fingerprint density at radius 1 is 1.40 bits per heavy atom. The van der Waals surface area contributed by atoms with E-state index in [1.807, 2.05) is 6.92 Å². The van der Waals surface area contributed by atoms with Crippen LogP contribution in [0.25, 0.3) is 0 Å². The summed E-state index contributed by atoms with van der Waals surface area (Å²) < 4.78 is 15.7. The van der Waals surface area contributed by atoms with Gasteiger partial charge in [-0.2, -0.15) is 0 Å². The highest BCUT2D eigenvalue weighted by Crippen LogP contribution is 2.34. The van der Waals surface area contributed by atoms with E-state index in [9.17, 15) is 14.4 Å². The molecule has 0 spiro atoms. The number of methoxy groups -OCH3 is 1. The van der Waals surface area contributed by atoms with Crippen LogP contribution in [0, 0.1) is 0 Å². The predicted octanol–water partition coefficient (Wildman–Crippen LogP) is 0.392. The summed E-state index contributed by atoms with van der Waals surface area (Å²) in [4.78, 5) is 39.0. The molecule has 1 rings (SSSR count). The maximum Gasteiger partial charge on any atom is 0.344 e. The summed E-state index contributed by atoms with van der Waals surface area (Å²) >= 11 is 0. The highest BCUT2D eigenvalue weighted by atomic mass is 16.6. The van der Waals surface area contributed by atoms with Crippen LogP contribution in [-0.2, 0) is 28.6 Å². The summed E-state index contributed by atoms with van der Waals surface area (Å²) in [5.74, 6) is -2.21. The number of esters is 2. The average molecular weight is 356 g/mol. The minimum atomic E-state index is -1.88. The Bertz CT molecular complexity index is 507. The summed E-state index contributed by atoms with van der Waals surface area (Å²) in [6, 6.07) is -0.884. The van der Waals surface area contributed by atoms with Crippen molar-refractivity contribution in [1.29, 1.82) is 0 Å². The van der Waals surface area contributed by atoms with Crippen LogP contribution in [0.1, 0.15) is 33.1 Å². The molecule has 1 aliphatic heterocycles. The van der Waals surface area contributed by atoms with Crippen molar-refractivity contribution >= 4 is 17.8 Å². The van der Waals surface area contributed by atoms with E-state index < -0.39 is 35.5 Å². The van der Waals surface area contributed by atoms with E-state index in [1.165, 1.54) is 6.92 Å². The third-order valence-corrected chi connectivity index (χ3v) is 4.07. The third kappa shape index (κ3) is 4.58. The standard InChI is InChI=1S/C17H28N2O6/c1-5-7-9-25-16(22)17(15(21)23-4)10-13(24-8-6-2)11-19(17)14(20)12(3)18/h6,12-13H,2,5,7-11,18H2,1,3-4H3/t12-,13?,17-/m0/s1. The van der Waals surface area contributed by atoms with Gasteiger partial charge in [-0.05, 0) is 13.3 Å². The molecule has 0 radical (unpaired) electrons. The minimum absolute atomic E-state index is 0.0447. The largest absolute Gasteiger partial charge is 0.467 e. The number of ether oxygens (including phenoxy) is 3. The van der Waals surface area contributed by atoms with Gasteiger partial charge in [-0.3, -0.25) is 4.79 Å². The van der Waals surface area contributed by atoms with Gasteiger partial charge in [0.2, 0.25) is 11.4 Å². The van der Waals surface area contributed by atoms with Gasteiger partial charge >= 0.3 is 11.9 Å². The minimum Gasteiger partial charge on any atom is -0.467 e. The molecule has 8 heteroatoms. The molecule has 0 bridgehead atoms. The quantitative estimate of drug-likeness (QED) is 0.275. The first kappa shape index (κ1) is 21.1. The number of carbonyl (C=O) groups excluding carboxylic acids is 3. The van der Waals surface area contributed by atoms with E-state index in [-0.39, 0.29) is 26.2 Å². The molecular weight excluding hydrogens is 328 g/mol. The summed E-state index contributed by atoms with van der Waals surface area (Å²) in [5, 5.41) is 0. The summed E-state index contributed by atoms with van der Waals surface area (Å²) in [6.07, 6.45) is 2.46. The molecule has 142 valence electrons. The molecule has 2 N–H and O–H groups in total. The van der Waals surface area contributed by atoms with Gasteiger partial charge in [0.05, 0.1) is 32.5 Å². The fourth-order valence-electron chi connectivity index (χ4n) is 2.77. The lowest BCUT2D eigenvalue weighted by molar-refractivity contribution is -0.175. The van der Waals surface area contributed by atoms with E-state index in [0.29, 0.717) is 6.42 Å². The van der Waals surface area contributed by atoms with Gasteiger partial charge in [0, 0.05) is 13.0 Å². The van der Waals surface area contributed by atoms with E-state index in [0.717, 1.165) is 18.4 Å². The average Bonchev–Trinajstić information content (AvgIpc) is 2.99. The van der Waals surface area contributed by atoms with Crippen molar-refractivity contribution in [3.8, 4) is 0 Å². The van der Waals surface area contributed by atoms with Crippen LogP contribution in [0.2, 0.25) is 0 Å². The Hall–Kier alpha value is -1.93. The van der Waals surface area contributed by atoms with Crippen molar-refractivity contribution in [3.05, 3.63) is 12.7 Å². The molecule has 0 aliphatic carbocycles. The third-order valence-electron chi connectivity index (χ3n) is 4.07. The molecule has 3 atom stereocenters. The second kappa shape index (κ2) is 9.53. The first-order chi connectivity index (χ1) is 11.8. The molecule has 8 nitrogen and oxygen atoms in total. The Morgan fingerprint density at radius 2 is 2.08 bits per heavy atom. The van der Waals surface area contributed by atoms with Crippen molar-refractivity contribution in [1.82, 2.24) is 4.90 Å². The molecule has 25 heavy (non-hydrogen) atoms. The summed E-state index contributed by atoms with van der Waals surface area (Å²) in [6.45, 7) is 7.44. The normalized spacial score (nSPS) is 23.8. The van der Waals surface area contributed by atoms with Crippen LogP contribution in [0.15, 0.2) is 12.7 Å². The van der Waals surface area contributed by atoms with E-state index in [4.69, 9.17) is 19.9 Å². The Balaban J connectivity index is 3.20. The van der Waals surface area contributed by atoms with Crippen molar-refractivity contribution in [3.63, 3.8) is 0 Å². The number of hydrogen-bond acceptors (Lipinski definition) is 7. The Kier molecular flexibility index (Phi) is 8.05. The molecule has 1 saturated heterocycles. The lowest BCUT2D eigenvalue weighted by Crippen LogP contribution is -2.62. The van der Waals surface area contributed by atoms with E-state index >= 15 is 0 Å². The molecule has 1 fully saturated rings. The fourth-order valence-corrected chi connectivity index (χ4v) is 2.77. The molecule has 0 aromatic carbocycles. The number of nitrogens with two attached hydrogens (primary N) is 1. The highest BCUT2D eigenvalue weighted by Gasteiger charge is 2.61. The predicted molar refractivity (Wildman–Crippen MR) is 90.5 cm³/mol. The molecule has 0 aromatic rings. The van der Waals surface area contributed by atoms with Crippen LogP contribution >= 0.6 is 0 Å². The zero-order valence-electron chi connectivity index (χ0n) is 15.2. The number of unbranched alkanes of at least 4 members (excludes halogenated alkanes) is 1. The zero-order chi connectivity index (χ0) is 19.0. The highest BCUT2D eigenvalue weighted by molar-refractivity contribution is 6.08. The van der Waals surface area contributed by atoms with E-state index in [2.05, 4.69) is 6.58 Å². The zero-order valence-corrected chi connectivity index (χ0v) is 15.2. The first-order valence-electron chi connectivity index (χ1n) is 8.40. The number of carbonyl (C=O) groups is 3. The van der Waals surface area contributed by atoms with Gasteiger partial charge < -0.3 is 24.8 Å². The van der Waals surface area contributed by atoms with Crippen LogP contribution in [0.4, 0.5) is 0 Å². The Morgan fingerprint density at radius 3 is 2.60 bits per heavy atom. The number of likely N-dealkylation sites (tertiary alicyclic amines) is 1. The van der Waals surface area contributed by atoms with Gasteiger partial charge in [0.15, 0.2) is 0 Å². The number of amides is 1. The monoisotopic (exact) mass is 356 g/mol. The molecular formula is C17H28N2O6. The SMILES string of the molecule is C=CCOC1CN(C(=O)[C@H](C)N)[C@@](C(=O)OC)(C(=O)OCCCC)C1. The Labute approximate surface area is 148 Å². The van der Waals surface area contributed by atoms with Gasteiger partial charge in [-0.25, -0.2) is 9.59 Å². The van der Waals surface area contributed by atoms with Crippen molar-refractivity contribution in [2.24, 2.45) is 5.73 Å². The fraction of sp³-hybridized carbons (Fsp3) is 0.706. The lowest BCUT2D eigenvalue weighted by Gasteiger charge is -2.34. The second-order valence-electron chi connectivity index (χ2n) is 6.03. The first-order valence-corrected chi connectivity index (χ1v) is 8.40. The number of nitrogens with zero attached hydrogens (tertiary/aromatic N) is 1. The van der Waals surface area contributed by atoms with Gasteiger partial charge in [-0.1, -0.05) is 19.4 Å². The summed E-state index contributed by atoms with van der Waals surface area (Å²) in [7, 11) is 1.16. The van der Waals surface area contributed by atoms with Crippen LogP contribution in [0.5, 0.6) is 0 Å². The van der Waals surface area contributed by atoms with E-state index in [1.54, 1.807) is 6.08 Å². The summed E-state index contributed by atoms with van der Waals surface area (Å²) in [5.41, 5.74) is 3.82. The molecule has 1 heterocycles. The van der Waals surface area contributed by atoms with Crippen LogP contribution in [0.3, 0.4) is 0 Å². The lowest BCUT2D eigenvalue weighted by atomic mass is 9.94. The van der Waals surface area contributed by atoms with Crippen molar-refractivity contribution < 1.29 is 28.6 Å². The van der Waals surface area contributed by atoms with Crippen LogP contribution in [-0.4, -0.2) is 67.3 Å². The maximum atomic E-state index is 12.8. The molecule has 1 unspecified atom stereocenters. The van der Waals surface area contributed by atoms with Crippen LogP contribution < -0.4 is 5.73 Å². The topological polar surface area (TPSA) is 108 Å². The van der Waals surface area contributed by atoms with Gasteiger partial charge in [-0.15, -0.1) is 6.58 Å². The van der Waals surface area contributed by atoms with Gasteiger partial charge in [0.1, 0.15) is 0 Å². The van der Waals surface area contributed by atoms with Crippen molar-refractivity contribution in [2.75, 3.05) is 26.9 Å². The van der Waals surface area contributed by atoms with Gasteiger partial charge in [0.25, 0.3) is 0 Å². The molecule has 1 aliphatic rings. The smallest absolute Gasteiger partial charge is 0.344 e. The second-order valence-corrected chi connectivity index (χ2v) is 6.03.